The van der Waals surface area contributed by atoms with Crippen LogP contribution in [-0.4, -0.2) is 77.8 Å². The second-order valence-electron chi connectivity index (χ2n) is 7.29. The Kier molecular flexibility index (Phi) is 6.56. The van der Waals surface area contributed by atoms with Gasteiger partial charge in [-0.15, -0.1) is 10.2 Å². The van der Waals surface area contributed by atoms with Crippen LogP contribution < -0.4 is 10.1 Å². The van der Waals surface area contributed by atoms with Gasteiger partial charge in [0.15, 0.2) is 0 Å². The van der Waals surface area contributed by atoms with Crippen molar-refractivity contribution in [2.24, 2.45) is 0 Å². The number of amides is 2. The predicted molar refractivity (Wildman–Crippen MR) is 112 cm³/mol. The monoisotopic (exact) mass is 431 g/mol. The Morgan fingerprint density at radius 2 is 1.97 bits per heavy atom. The van der Waals surface area contributed by atoms with Crippen LogP contribution in [0, 0.1) is 0 Å². The van der Waals surface area contributed by atoms with Crippen molar-refractivity contribution in [2.45, 2.75) is 25.5 Å². The highest BCUT2D eigenvalue weighted by molar-refractivity contribution is 7.13. The highest BCUT2D eigenvalue weighted by Crippen LogP contribution is 2.19. The van der Waals surface area contributed by atoms with Crippen LogP contribution in [0.2, 0.25) is 0 Å². The van der Waals surface area contributed by atoms with E-state index >= 15 is 0 Å². The molecule has 0 saturated carbocycles. The smallest absolute Gasteiger partial charge is 0.286 e. The van der Waals surface area contributed by atoms with E-state index in [0.29, 0.717) is 36.9 Å². The lowest BCUT2D eigenvalue weighted by molar-refractivity contribution is -0.142. The summed E-state index contributed by atoms with van der Waals surface area (Å²) in [7, 11) is 1.60. The molecule has 0 aliphatic carbocycles. The third kappa shape index (κ3) is 4.94. The van der Waals surface area contributed by atoms with Gasteiger partial charge in [0.25, 0.3) is 11.8 Å². The van der Waals surface area contributed by atoms with Gasteiger partial charge in [0.1, 0.15) is 16.9 Å². The van der Waals surface area contributed by atoms with Crippen LogP contribution in [0.15, 0.2) is 24.3 Å². The first-order valence-electron chi connectivity index (χ1n) is 10.0. The lowest BCUT2D eigenvalue weighted by Crippen LogP contribution is -2.51. The summed E-state index contributed by atoms with van der Waals surface area (Å²) < 4.78 is 10.6. The molecular weight excluding hydrogens is 406 g/mol. The van der Waals surface area contributed by atoms with Gasteiger partial charge in [-0.1, -0.05) is 11.3 Å². The van der Waals surface area contributed by atoms with E-state index in [1.165, 1.54) is 11.3 Å². The second kappa shape index (κ2) is 9.50. The molecule has 30 heavy (non-hydrogen) atoms. The summed E-state index contributed by atoms with van der Waals surface area (Å²) in [6.45, 7) is 4.21. The van der Waals surface area contributed by atoms with Crippen molar-refractivity contribution in [3.05, 3.63) is 34.3 Å². The lowest BCUT2D eigenvalue weighted by Gasteiger charge is -2.35. The summed E-state index contributed by atoms with van der Waals surface area (Å²) in [4.78, 5) is 29.0. The largest absolute Gasteiger partial charge is 0.497 e. The van der Waals surface area contributed by atoms with Crippen LogP contribution in [0.5, 0.6) is 5.75 Å². The van der Waals surface area contributed by atoms with Gasteiger partial charge in [-0.25, -0.2) is 0 Å². The van der Waals surface area contributed by atoms with Crippen LogP contribution in [0.25, 0.3) is 0 Å². The van der Waals surface area contributed by atoms with Crippen LogP contribution in [-0.2, 0) is 16.1 Å². The summed E-state index contributed by atoms with van der Waals surface area (Å²) in [5, 5.41) is 12.1. The molecule has 9 nitrogen and oxygen atoms in total. The summed E-state index contributed by atoms with van der Waals surface area (Å²) in [5.41, 5.74) is 0.671. The molecule has 1 aromatic carbocycles. The Morgan fingerprint density at radius 1 is 1.20 bits per heavy atom. The first-order valence-corrected chi connectivity index (χ1v) is 10.8. The fourth-order valence-corrected chi connectivity index (χ4v) is 4.34. The first kappa shape index (κ1) is 20.7. The van der Waals surface area contributed by atoms with Crippen LogP contribution in [0.1, 0.15) is 27.7 Å². The molecular formula is C20H25N5O4S. The number of anilines is 1. The number of methoxy groups -OCH3 is 1. The van der Waals surface area contributed by atoms with E-state index in [9.17, 15) is 9.59 Å². The second-order valence-corrected chi connectivity index (χ2v) is 8.35. The zero-order valence-electron chi connectivity index (χ0n) is 16.9. The van der Waals surface area contributed by atoms with Crippen molar-refractivity contribution in [3.63, 3.8) is 0 Å². The third-order valence-electron chi connectivity index (χ3n) is 5.26. The zero-order chi connectivity index (χ0) is 20.9. The predicted octanol–water partition coefficient (Wildman–Crippen LogP) is 1.62. The first-order chi connectivity index (χ1) is 14.6. The Hall–Kier alpha value is -2.56. The minimum atomic E-state index is -0.282. The number of hydrogen-bond donors (Lipinski definition) is 1. The van der Waals surface area contributed by atoms with E-state index in [-0.39, 0.29) is 17.9 Å². The summed E-state index contributed by atoms with van der Waals surface area (Å²) >= 11 is 1.29. The number of rotatable bonds is 6. The Bertz CT molecular complexity index is 874. The maximum absolute atomic E-state index is 12.4. The fraction of sp³-hybridized carbons (Fsp3) is 0.500. The van der Waals surface area contributed by atoms with E-state index in [2.05, 4.69) is 20.4 Å². The van der Waals surface area contributed by atoms with Crippen molar-refractivity contribution in [3.8, 4) is 5.75 Å². The molecule has 1 unspecified atom stereocenters. The van der Waals surface area contributed by atoms with Gasteiger partial charge >= 0.3 is 0 Å². The standard InChI is InChI=1S/C20H25N5O4S/c1-28-15-6-4-14(5-7-15)21-18(26)19-23-22-17(30-19)13-24-8-10-25(11-9-24)20(27)16-3-2-12-29-16/h4-7,16H,2-3,8-13H2,1H3,(H,21,26). The highest BCUT2D eigenvalue weighted by atomic mass is 32.1. The highest BCUT2D eigenvalue weighted by Gasteiger charge is 2.30. The topological polar surface area (TPSA) is 96.9 Å². The van der Waals surface area contributed by atoms with Crippen molar-refractivity contribution in [1.29, 1.82) is 0 Å². The quantitative estimate of drug-likeness (QED) is 0.742. The summed E-state index contributed by atoms with van der Waals surface area (Å²) in [5.74, 6) is 0.556. The van der Waals surface area contributed by atoms with Gasteiger partial charge in [-0.2, -0.15) is 0 Å². The molecule has 0 spiro atoms. The number of aromatic nitrogens is 2. The molecule has 4 rings (SSSR count). The number of ether oxygens (including phenoxy) is 2. The van der Waals surface area contributed by atoms with Crippen molar-refractivity contribution >= 4 is 28.8 Å². The molecule has 2 aliphatic heterocycles. The fourth-order valence-electron chi connectivity index (χ4n) is 3.56. The van der Waals surface area contributed by atoms with Crippen LogP contribution >= 0.6 is 11.3 Å². The van der Waals surface area contributed by atoms with Gasteiger partial charge in [-0.05, 0) is 37.1 Å². The minimum absolute atomic E-state index is 0.112. The molecule has 2 saturated heterocycles. The van der Waals surface area contributed by atoms with E-state index in [1.54, 1.807) is 31.4 Å². The SMILES string of the molecule is COc1ccc(NC(=O)c2nnc(CN3CCN(C(=O)C4CCCO4)CC3)s2)cc1. The molecule has 1 N–H and O–H groups in total. The molecule has 0 bridgehead atoms. The van der Waals surface area contributed by atoms with E-state index in [4.69, 9.17) is 9.47 Å². The van der Waals surface area contributed by atoms with E-state index in [1.807, 2.05) is 4.90 Å². The molecule has 160 valence electrons. The van der Waals surface area contributed by atoms with Crippen molar-refractivity contribution < 1.29 is 19.1 Å². The number of nitrogens with zero attached hydrogens (tertiary/aromatic N) is 4. The Morgan fingerprint density at radius 3 is 2.63 bits per heavy atom. The number of carbonyl (C=O) groups excluding carboxylic acids is 2. The molecule has 2 aliphatic rings. The average Bonchev–Trinajstić information content (AvgIpc) is 3.47. The number of benzene rings is 1. The van der Waals surface area contributed by atoms with Gasteiger partial charge in [0.2, 0.25) is 5.01 Å². The minimum Gasteiger partial charge on any atom is -0.497 e. The summed E-state index contributed by atoms with van der Waals surface area (Å²) in [6.07, 6.45) is 1.53. The number of piperazine rings is 1. The van der Waals surface area contributed by atoms with Gasteiger partial charge < -0.3 is 19.7 Å². The van der Waals surface area contributed by atoms with Crippen molar-refractivity contribution in [1.82, 2.24) is 20.0 Å². The molecule has 1 aromatic heterocycles. The average molecular weight is 432 g/mol. The molecule has 2 amide bonds. The van der Waals surface area contributed by atoms with Gasteiger partial charge in [0.05, 0.1) is 13.7 Å². The molecule has 2 aromatic rings. The van der Waals surface area contributed by atoms with E-state index < -0.39 is 0 Å². The lowest BCUT2D eigenvalue weighted by atomic mass is 10.2. The number of hydrogen-bond acceptors (Lipinski definition) is 8. The van der Waals surface area contributed by atoms with Gasteiger partial charge in [0, 0.05) is 38.5 Å². The maximum atomic E-state index is 12.4. The van der Waals surface area contributed by atoms with E-state index in [0.717, 1.165) is 36.7 Å². The Balaban J connectivity index is 1.26. The molecule has 3 heterocycles. The summed E-state index contributed by atoms with van der Waals surface area (Å²) in [6, 6.07) is 7.11. The zero-order valence-corrected chi connectivity index (χ0v) is 17.7. The Labute approximate surface area is 179 Å². The molecule has 2 fully saturated rings. The number of nitrogens with one attached hydrogen (secondary N) is 1. The van der Waals surface area contributed by atoms with Crippen molar-refractivity contribution in [2.75, 3.05) is 45.2 Å². The number of carbonyl (C=O) groups is 2. The molecule has 10 heteroatoms. The van der Waals surface area contributed by atoms with Crippen LogP contribution in [0.3, 0.4) is 0 Å². The normalized spacial score (nSPS) is 19.6. The molecule has 1 atom stereocenters. The molecule has 0 radical (unpaired) electrons. The third-order valence-corrected chi connectivity index (χ3v) is 6.16. The maximum Gasteiger partial charge on any atom is 0.286 e. The van der Waals surface area contributed by atoms with Crippen LogP contribution in [0.4, 0.5) is 5.69 Å². The van der Waals surface area contributed by atoms with Gasteiger partial charge in [-0.3, -0.25) is 14.5 Å².